The van der Waals surface area contributed by atoms with Gasteiger partial charge in [0.2, 0.25) is 0 Å². The van der Waals surface area contributed by atoms with Crippen molar-refractivity contribution in [2.45, 2.75) is 12.8 Å². The molecule has 1 aromatic heterocycles. The monoisotopic (exact) mass is 422 g/mol. The van der Waals surface area contributed by atoms with Gasteiger partial charge in [-0.3, -0.25) is 9.69 Å². The van der Waals surface area contributed by atoms with Crippen molar-refractivity contribution in [1.29, 1.82) is 0 Å². The van der Waals surface area contributed by atoms with Crippen LogP contribution in [0.25, 0.3) is 22.3 Å². The van der Waals surface area contributed by atoms with E-state index in [0.717, 1.165) is 62.7 Å². The normalized spacial score (nSPS) is 14.6. The molecule has 1 fully saturated rings. The van der Waals surface area contributed by atoms with Crippen LogP contribution in [0, 0.1) is 0 Å². The number of ether oxygens (including phenoxy) is 2. The predicted octanol–water partition coefficient (Wildman–Crippen LogP) is 4.02. The summed E-state index contributed by atoms with van der Waals surface area (Å²) in [5.41, 5.74) is 2.46. The van der Waals surface area contributed by atoms with Gasteiger partial charge in [0.1, 0.15) is 17.1 Å². The minimum atomic E-state index is -0.0509. The van der Waals surface area contributed by atoms with Crippen molar-refractivity contribution >= 4 is 16.7 Å². The quantitative estimate of drug-likeness (QED) is 0.511. The summed E-state index contributed by atoms with van der Waals surface area (Å²) in [6, 6.07) is 14.9. The van der Waals surface area contributed by atoms with E-state index in [1.807, 2.05) is 55.4 Å². The molecule has 0 N–H and O–H groups in total. The lowest BCUT2D eigenvalue weighted by molar-refractivity contribution is 0.0368. The largest absolute Gasteiger partial charge is 0.493 e. The predicted molar refractivity (Wildman–Crippen MR) is 124 cm³/mol. The standard InChI is InChI=1S/C25H30N2O4/c1-26(2)20-7-5-19(6-8-20)24-18-23(28)22-10-9-21(17-25(22)31-24)30-14-4-3-11-27-12-15-29-16-13-27/h5-10,17-18H,3-4,11-16H2,1-2H3. The molecule has 0 spiro atoms. The first kappa shape index (κ1) is 21.4. The van der Waals surface area contributed by atoms with E-state index in [-0.39, 0.29) is 5.43 Å². The van der Waals surface area contributed by atoms with Crippen LogP contribution in [0.5, 0.6) is 5.75 Å². The van der Waals surface area contributed by atoms with Crippen molar-refractivity contribution in [3.05, 3.63) is 58.8 Å². The Hall–Kier alpha value is -2.83. The Morgan fingerprint density at radius 3 is 2.52 bits per heavy atom. The molecule has 0 saturated carbocycles. The Labute approximate surface area is 183 Å². The summed E-state index contributed by atoms with van der Waals surface area (Å²) in [5.74, 6) is 1.28. The molecule has 0 radical (unpaired) electrons. The van der Waals surface area contributed by atoms with Crippen LogP contribution < -0.4 is 15.1 Å². The van der Waals surface area contributed by atoms with Gasteiger partial charge in [-0.1, -0.05) is 0 Å². The van der Waals surface area contributed by atoms with Gasteiger partial charge in [0.15, 0.2) is 5.43 Å². The zero-order valence-electron chi connectivity index (χ0n) is 18.3. The molecular weight excluding hydrogens is 392 g/mol. The smallest absolute Gasteiger partial charge is 0.193 e. The number of unbranched alkanes of at least 4 members (excludes halogenated alkanes) is 1. The zero-order valence-corrected chi connectivity index (χ0v) is 18.3. The molecule has 0 amide bonds. The molecule has 31 heavy (non-hydrogen) atoms. The molecule has 1 aliphatic heterocycles. The summed E-state index contributed by atoms with van der Waals surface area (Å²) in [5, 5.41) is 0.563. The highest BCUT2D eigenvalue weighted by molar-refractivity contribution is 5.80. The van der Waals surface area contributed by atoms with Gasteiger partial charge in [-0.2, -0.15) is 0 Å². The topological polar surface area (TPSA) is 55.2 Å². The molecule has 2 heterocycles. The number of hydrogen-bond acceptors (Lipinski definition) is 6. The van der Waals surface area contributed by atoms with Crippen molar-refractivity contribution in [2.24, 2.45) is 0 Å². The lowest BCUT2D eigenvalue weighted by Crippen LogP contribution is -2.36. The highest BCUT2D eigenvalue weighted by Crippen LogP contribution is 2.26. The Kier molecular flexibility index (Phi) is 6.89. The van der Waals surface area contributed by atoms with E-state index in [2.05, 4.69) is 4.90 Å². The molecule has 4 rings (SSSR count). The first-order valence-corrected chi connectivity index (χ1v) is 10.9. The molecule has 1 aliphatic rings. The third-order valence-electron chi connectivity index (χ3n) is 5.61. The maximum atomic E-state index is 12.6. The maximum absolute atomic E-state index is 12.6. The number of morpholine rings is 1. The van der Waals surface area contributed by atoms with Crippen molar-refractivity contribution < 1.29 is 13.9 Å². The van der Waals surface area contributed by atoms with E-state index in [4.69, 9.17) is 13.9 Å². The van der Waals surface area contributed by atoms with Crippen LogP contribution in [0.2, 0.25) is 0 Å². The summed E-state index contributed by atoms with van der Waals surface area (Å²) in [7, 11) is 3.99. The summed E-state index contributed by atoms with van der Waals surface area (Å²) < 4.78 is 17.4. The summed E-state index contributed by atoms with van der Waals surface area (Å²) >= 11 is 0. The first-order chi connectivity index (χ1) is 15.1. The molecule has 3 aromatic rings. The molecular formula is C25H30N2O4. The highest BCUT2D eigenvalue weighted by atomic mass is 16.5. The molecule has 0 unspecified atom stereocenters. The van der Waals surface area contributed by atoms with Crippen LogP contribution >= 0.6 is 0 Å². The van der Waals surface area contributed by atoms with Crippen LogP contribution in [0.3, 0.4) is 0 Å². The third-order valence-corrected chi connectivity index (χ3v) is 5.61. The molecule has 1 saturated heterocycles. The molecule has 6 nitrogen and oxygen atoms in total. The van der Waals surface area contributed by atoms with Crippen LogP contribution in [-0.2, 0) is 4.74 Å². The van der Waals surface area contributed by atoms with Crippen molar-refractivity contribution in [2.75, 3.05) is 58.5 Å². The van der Waals surface area contributed by atoms with Crippen LogP contribution in [0.1, 0.15) is 12.8 Å². The molecule has 0 bridgehead atoms. The fourth-order valence-corrected chi connectivity index (χ4v) is 3.74. The number of nitrogens with zero attached hydrogens (tertiary/aromatic N) is 2. The van der Waals surface area contributed by atoms with E-state index in [9.17, 15) is 4.79 Å². The van der Waals surface area contributed by atoms with Gasteiger partial charge in [-0.15, -0.1) is 0 Å². The summed E-state index contributed by atoms with van der Waals surface area (Å²) in [6.07, 6.45) is 2.08. The Bertz CT molecular complexity index is 1050. The average molecular weight is 423 g/mol. The molecule has 164 valence electrons. The maximum Gasteiger partial charge on any atom is 0.193 e. The van der Waals surface area contributed by atoms with E-state index >= 15 is 0 Å². The van der Waals surface area contributed by atoms with Crippen molar-refractivity contribution in [3.8, 4) is 17.1 Å². The fraction of sp³-hybridized carbons (Fsp3) is 0.400. The first-order valence-electron chi connectivity index (χ1n) is 10.9. The number of anilines is 1. The van der Waals surface area contributed by atoms with Gasteiger partial charge < -0.3 is 18.8 Å². The summed E-state index contributed by atoms with van der Waals surface area (Å²) in [6.45, 7) is 5.43. The van der Waals surface area contributed by atoms with Crippen molar-refractivity contribution in [3.63, 3.8) is 0 Å². The van der Waals surface area contributed by atoms with Gasteiger partial charge >= 0.3 is 0 Å². The van der Waals surface area contributed by atoms with E-state index < -0.39 is 0 Å². The number of rotatable bonds is 8. The lowest BCUT2D eigenvalue weighted by atomic mass is 10.1. The third kappa shape index (κ3) is 5.46. The molecule has 2 aromatic carbocycles. The van der Waals surface area contributed by atoms with Gasteiger partial charge in [0, 0.05) is 50.6 Å². The van der Waals surface area contributed by atoms with Gasteiger partial charge in [-0.05, 0) is 55.8 Å². The number of fused-ring (bicyclic) bond motifs is 1. The van der Waals surface area contributed by atoms with Gasteiger partial charge in [0.05, 0.1) is 25.2 Å². The van der Waals surface area contributed by atoms with Crippen molar-refractivity contribution in [1.82, 2.24) is 4.90 Å². The fourth-order valence-electron chi connectivity index (χ4n) is 3.74. The van der Waals surface area contributed by atoms with E-state index in [1.165, 1.54) is 0 Å². The van der Waals surface area contributed by atoms with Crippen LogP contribution in [-0.4, -0.2) is 58.5 Å². The average Bonchev–Trinajstić information content (AvgIpc) is 2.79. The molecule has 6 heteroatoms. The van der Waals surface area contributed by atoms with Crippen LogP contribution in [0.15, 0.2) is 57.7 Å². The Morgan fingerprint density at radius 2 is 1.77 bits per heavy atom. The van der Waals surface area contributed by atoms with Gasteiger partial charge in [0.25, 0.3) is 0 Å². The highest BCUT2D eigenvalue weighted by Gasteiger charge is 2.10. The molecule has 0 aliphatic carbocycles. The second kappa shape index (κ2) is 9.98. The minimum Gasteiger partial charge on any atom is -0.493 e. The van der Waals surface area contributed by atoms with Gasteiger partial charge in [-0.25, -0.2) is 0 Å². The number of benzene rings is 2. The summed E-state index contributed by atoms with van der Waals surface area (Å²) in [4.78, 5) is 17.1. The SMILES string of the molecule is CN(C)c1ccc(-c2cc(=O)c3ccc(OCCCCN4CCOCC4)cc3o2)cc1. The molecule has 0 atom stereocenters. The Balaban J connectivity index is 1.40. The van der Waals surface area contributed by atoms with Crippen LogP contribution in [0.4, 0.5) is 5.69 Å². The lowest BCUT2D eigenvalue weighted by Gasteiger charge is -2.26. The Morgan fingerprint density at radius 1 is 1.00 bits per heavy atom. The second-order valence-corrected chi connectivity index (χ2v) is 8.08. The zero-order chi connectivity index (χ0) is 21.6. The number of hydrogen-bond donors (Lipinski definition) is 0. The second-order valence-electron chi connectivity index (χ2n) is 8.08. The van der Waals surface area contributed by atoms with E-state index in [0.29, 0.717) is 23.3 Å². The minimum absolute atomic E-state index is 0.0509. The van der Waals surface area contributed by atoms with E-state index in [1.54, 1.807) is 12.1 Å².